The Bertz CT molecular complexity index is 1560. The van der Waals surface area contributed by atoms with Gasteiger partial charge in [0.2, 0.25) is 0 Å². The van der Waals surface area contributed by atoms with Crippen LogP contribution in [-0.4, -0.2) is 83.3 Å². The standard InChI is InChI=1S/C27H30FN7O5/c1-18-14-23(31-40-18)39-21-6-10-32(11-7-21)26(37)33-12-8-27(38,9-13-33)16-34-17-29-24-22(25(34)36)15-30-35(24)20-4-2-19(28)3-5-20/h2-5,14-15,17,21,38H,6-13,16H2,1H3. The Morgan fingerprint density at radius 2 is 1.85 bits per heavy atom. The van der Waals surface area contributed by atoms with Crippen LogP contribution in [0.25, 0.3) is 16.7 Å². The molecular formula is C27H30FN7O5. The number of benzene rings is 1. The first-order valence-corrected chi connectivity index (χ1v) is 13.3. The average molecular weight is 552 g/mol. The summed E-state index contributed by atoms with van der Waals surface area (Å²) in [7, 11) is 0. The van der Waals surface area contributed by atoms with Gasteiger partial charge in [-0.2, -0.15) is 5.10 Å². The first-order chi connectivity index (χ1) is 19.3. The molecule has 0 saturated carbocycles. The van der Waals surface area contributed by atoms with E-state index in [9.17, 15) is 19.1 Å². The quantitative estimate of drug-likeness (QED) is 0.400. The van der Waals surface area contributed by atoms with E-state index < -0.39 is 5.60 Å². The molecule has 0 atom stereocenters. The van der Waals surface area contributed by atoms with Crippen LogP contribution < -0.4 is 10.3 Å². The highest BCUT2D eigenvalue weighted by atomic mass is 19.1. The molecule has 2 amide bonds. The topological polar surface area (TPSA) is 132 Å². The summed E-state index contributed by atoms with van der Waals surface area (Å²) in [5.41, 5.74) is -0.542. The molecule has 0 spiro atoms. The summed E-state index contributed by atoms with van der Waals surface area (Å²) < 4.78 is 27.1. The third kappa shape index (κ3) is 5.16. The Balaban J connectivity index is 1.05. The van der Waals surface area contributed by atoms with Crippen molar-refractivity contribution < 1.29 is 23.6 Å². The number of aromatic nitrogens is 5. The van der Waals surface area contributed by atoms with Gasteiger partial charge in [-0.3, -0.25) is 9.36 Å². The van der Waals surface area contributed by atoms with Gasteiger partial charge in [0.25, 0.3) is 11.4 Å². The van der Waals surface area contributed by atoms with Gasteiger partial charge in [-0.15, -0.1) is 0 Å². The molecule has 4 aromatic rings. The maximum Gasteiger partial charge on any atom is 0.320 e. The molecule has 0 aliphatic carbocycles. The van der Waals surface area contributed by atoms with E-state index in [0.29, 0.717) is 80.2 Å². The van der Waals surface area contributed by atoms with Gasteiger partial charge in [0.05, 0.1) is 24.0 Å². The third-order valence-electron chi connectivity index (χ3n) is 7.66. The van der Waals surface area contributed by atoms with Crippen LogP contribution in [-0.2, 0) is 6.54 Å². The number of likely N-dealkylation sites (tertiary alicyclic amines) is 2. The number of urea groups is 1. The molecule has 40 heavy (non-hydrogen) atoms. The van der Waals surface area contributed by atoms with Crippen molar-refractivity contribution in [3.05, 3.63) is 64.8 Å². The lowest BCUT2D eigenvalue weighted by molar-refractivity contribution is -0.0301. The van der Waals surface area contributed by atoms with Crippen LogP contribution in [0.2, 0.25) is 0 Å². The van der Waals surface area contributed by atoms with Gasteiger partial charge < -0.3 is 24.2 Å². The van der Waals surface area contributed by atoms with E-state index in [2.05, 4.69) is 15.2 Å². The maximum absolute atomic E-state index is 13.3. The minimum Gasteiger partial charge on any atom is -0.472 e. The summed E-state index contributed by atoms with van der Waals surface area (Å²) in [6.45, 7) is 3.79. The zero-order valence-corrected chi connectivity index (χ0v) is 22.1. The van der Waals surface area contributed by atoms with Crippen LogP contribution >= 0.6 is 0 Å². The van der Waals surface area contributed by atoms with Crippen molar-refractivity contribution in [1.29, 1.82) is 0 Å². The molecule has 2 aliphatic heterocycles. The molecule has 5 heterocycles. The Labute approximate surface area is 228 Å². The lowest BCUT2D eigenvalue weighted by atomic mass is 9.91. The van der Waals surface area contributed by atoms with Gasteiger partial charge in [-0.1, -0.05) is 0 Å². The minimum atomic E-state index is -1.15. The first-order valence-electron chi connectivity index (χ1n) is 13.3. The van der Waals surface area contributed by atoms with E-state index in [1.165, 1.54) is 33.9 Å². The second kappa shape index (κ2) is 10.4. The van der Waals surface area contributed by atoms with E-state index in [4.69, 9.17) is 9.26 Å². The fourth-order valence-corrected chi connectivity index (χ4v) is 5.36. The summed E-state index contributed by atoms with van der Waals surface area (Å²) in [6, 6.07) is 7.44. The van der Waals surface area contributed by atoms with Gasteiger partial charge in [-0.05, 0) is 49.2 Å². The molecular weight excluding hydrogens is 521 g/mol. The first kappa shape index (κ1) is 26.0. The normalized spacial score (nSPS) is 17.9. The predicted molar refractivity (Wildman–Crippen MR) is 141 cm³/mol. The molecule has 0 bridgehead atoms. The van der Waals surface area contributed by atoms with Crippen molar-refractivity contribution in [2.75, 3.05) is 26.2 Å². The van der Waals surface area contributed by atoms with Crippen LogP contribution in [0.3, 0.4) is 0 Å². The number of amides is 2. The molecule has 2 saturated heterocycles. The molecule has 0 unspecified atom stereocenters. The number of fused-ring (bicyclic) bond motifs is 1. The van der Waals surface area contributed by atoms with Crippen molar-refractivity contribution in [3.63, 3.8) is 0 Å². The Morgan fingerprint density at radius 3 is 2.52 bits per heavy atom. The lowest BCUT2D eigenvalue weighted by Gasteiger charge is -2.41. The van der Waals surface area contributed by atoms with Crippen LogP contribution in [0.15, 0.2) is 52.2 Å². The van der Waals surface area contributed by atoms with Crippen molar-refractivity contribution in [2.24, 2.45) is 0 Å². The number of carbonyl (C=O) groups is 1. The lowest BCUT2D eigenvalue weighted by Crippen LogP contribution is -2.54. The highest BCUT2D eigenvalue weighted by molar-refractivity contribution is 5.75. The second-order valence-electron chi connectivity index (χ2n) is 10.5. The number of piperidine rings is 2. The van der Waals surface area contributed by atoms with E-state index in [0.717, 1.165) is 0 Å². The van der Waals surface area contributed by atoms with Crippen LogP contribution in [0.5, 0.6) is 5.88 Å². The highest BCUT2D eigenvalue weighted by Gasteiger charge is 2.37. The molecule has 12 nitrogen and oxygen atoms in total. The zero-order valence-electron chi connectivity index (χ0n) is 22.1. The average Bonchev–Trinajstić information content (AvgIpc) is 3.57. The Kier molecular flexibility index (Phi) is 6.74. The van der Waals surface area contributed by atoms with E-state index in [1.807, 2.05) is 4.90 Å². The summed E-state index contributed by atoms with van der Waals surface area (Å²) >= 11 is 0. The van der Waals surface area contributed by atoms with Gasteiger partial charge in [0.15, 0.2) is 5.65 Å². The van der Waals surface area contributed by atoms with E-state index >= 15 is 0 Å². The van der Waals surface area contributed by atoms with Gasteiger partial charge in [0.1, 0.15) is 29.4 Å². The summed E-state index contributed by atoms with van der Waals surface area (Å²) in [4.78, 5) is 34.3. The van der Waals surface area contributed by atoms with Crippen LogP contribution in [0.4, 0.5) is 9.18 Å². The second-order valence-corrected chi connectivity index (χ2v) is 10.5. The largest absolute Gasteiger partial charge is 0.472 e. The molecule has 3 aromatic heterocycles. The third-order valence-corrected chi connectivity index (χ3v) is 7.66. The fraction of sp³-hybridized carbons (Fsp3) is 0.444. The SMILES string of the molecule is Cc1cc(OC2CCN(C(=O)N3CCC(O)(Cn4cnc5c(cnn5-c5ccc(F)cc5)c4=O)CC3)CC2)no1. The number of hydrogen-bond acceptors (Lipinski definition) is 8. The maximum atomic E-state index is 13.3. The molecule has 210 valence electrons. The molecule has 2 aliphatic rings. The van der Waals surface area contributed by atoms with E-state index in [1.54, 1.807) is 30.0 Å². The summed E-state index contributed by atoms with van der Waals surface area (Å²) in [5, 5.41) is 19.7. The summed E-state index contributed by atoms with van der Waals surface area (Å²) in [5.74, 6) is 0.782. The van der Waals surface area contributed by atoms with Crippen molar-refractivity contribution in [2.45, 2.75) is 50.9 Å². The Morgan fingerprint density at radius 1 is 1.15 bits per heavy atom. The molecule has 2 fully saturated rings. The smallest absolute Gasteiger partial charge is 0.320 e. The number of ether oxygens (including phenoxy) is 1. The number of aliphatic hydroxyl groups is 1. The van der Waals surface area contributed by atoms with Gasteiger partial charge >= 0.3 is 6.03 Å². The van der Waals surface area contributed by atoms with Crippen LogP contribution in [0.1, 0.15) is 31.4 Å². The monoisotopic (exact) mass is 551 g/mol. The molecule has 0 radical (unpaired) electrons. The zero-order chi connectivity index (χ0) is 27.9. The van der Waals surface area contributed by atoms with Crippen molar-refractivity contribution in [3.8, 4) is 11.6 Å². The number of halogens is 1. The molecule has 13 heteroatoms. The molecule has 1 aromatic carbocycles. The Hall–Kier alpha value is -4.26. The minimum absolute atomic E-state index is 0.0212. The van der Waals surface area contributed by atoms with Crippen molar-refractivity contribution >= 4 is 17.1 Å². The van der Waals surface area contributed by atoms with Gasteiger partial charge in [-0.25, -0.2) is 18.9 Å². The predicted octanol–water partition coefficient (Wildman–Crippen LogP) is 2.51. The molecule has 1 N–H and O–H groups in total. The number of rotatable bonds is 5. The van der Waals surface area contributed by atoms with Gasteiger partial charge in [0, 0.05) is 45.1 Å². The van der Waals surface area contributed by atoms with E-state index in [-0.39, 0.29) is 30.1 Å². The number of aryl methyl sites for hydroxylation is 1. The number of carbonyl (C=O) groups excluding carboxylic acids is 1. The number of hydrogen-bond donors (Lipinski definition) is 1. The van der Waals surface area contributed by atoms with Crippen LogP contribution in [0, 0.1) is 12.7 Å². The highest BCUT2D eigenvalue weighted by Crippen LogP contribution is 2.26. The van der Waals surface area contributed by atoms with Crippen molar-refractivity contribution in [1.82, 2.24) is 34.3 Å². The number of nitrogens with zero attached hydrogens (tertiary/aromatic N) is 7. The molecule has 6 rings (SSSR count). The summed E-state index contributed by atoms with van der Waals surface area (Å²) in [6.07, 6.45) is 4.88. The fourth-order valence-electron chi connectivity index (χ4n) is 5.36.